The van der Waals surface area contributed by atoms with Crippen LogP contribution in [-0.2, 0) is 28.3 Å². The molecule has 162 valence electrons. The molecule has 0 aliphatic carbocycles. The van der Waals surface area contributed by atoms with Crippen molar-refractivity contribution in [1.82, 2.24) is 0 Å². The van der Waals surface area contributed by atoms with Crippen molar-refractivity contribution >= 4 is 11.3 Å². The van der Waals surface area contributed by atoms with E-state index < -0.39 is 18.0 Å². The summed E-state index contributed by atoms with van der Waals surface area (Å²) in [4.78, 5) is 2.54. The Morgan fingerprint density at radius 3 is 2.61 bits per heavy atom. The number of fused-ring (bicyclic) bond motifs is 2. The van der Waals surface area contributed by atoms with Crippen LogP contribution in [0.1, 0.15) is 46.0 Å². The number of rotatable bonds is 3. The third kappa shape index (κ3) is 3.65. The molecule has 5 rings (SSSR count). The maximum absolute atomic E-state index is 10.8. The van der Waals surface area contributed by atoms with Crippen LogP contribution in [0, 0.1) is 13.8 Å². The van der Waals surface area contributed by atoms with Crippen LogP contribution in [0.3, 0.4) is 0 Å². The predicted octanol–water partition coefficient (Wildman–Crippen LogP) is 4.84. The van der Waals surface area contributed by atoms with E-state index >= 15 is 0 Å². The smallest absolute Gasteiger partial charge is 0.225 e. The summed E-state index contributed by atoms with van der Waals surface area (Å²) in [5.74, 6) is -1.28. The molecule has 2 aromatic carbocycles. The van der Waals surface area contributed by atoms with E-state index in [1.165, 1.54) is 32.0 Å². The van der Waals surface area contributed by atoms with Crippen molar-refractivity contribution < 1.29 is 19.7 Å². The van der Waals surface area contributed by atoms with Crippen LogP contribution < -0.4 is 0 Å². The van der Waals surface area contributed by atoms with Gasteiger partial charge in [0.2, 0.25) is 5.79 Å². The molecule has 0 bridgehead atoms. The molecule has 1 spiro atoms. The Bertz CT molecular complexity index is 1100. The summed E-state index contributed by atoms with van der Waals surface area (Å²) in [7, 11) is 0. The maximum atomic E-state index is 10.8. The minimum absolute atomic E-state index is 0.191. The fourth-order valence-corrected chi connectivity index (χ4v) is 5.76. The van der Waals surface area contributed by atoms with E-state index in [1.54, 1.807) is 11.3 Å². The third-order valence-corrected chi connectivity index (χ3v) is 7.58. The standard InChI is InChI=1S/C26H28O4S/c1-15-4-6-18(7-5-15)24-9-8-21(31-24)12-19-13-22-20(10-16(19)2)14-29-26(22)25(28)23(27)11-17(3)30-26/h4-10,13,17,23,25,27-28H,11-12,14H2,1-3H3/t17-,23+,25-,26+/m1/s1. The van der Waals surface area contributed by atoms with E-state index in [1.807, 2.05) is 6.92 Å². The van der Waals surface area contributed by atoms with E-state index in [9.17, 15) is 10.2 Å². The second kappa shape index (κ2) is 7.84. The van der Waals surface area contributed by atoms with Gasteiger partial charge < -0.3 is 19.7 Å². The topological polar surface area (TPSA) is 58.9 Å². The van der Waals surface area contributed by atoms with Gasteiger partial charge >= 0.3 is 0 Å². The highest BCUT2D eigenvalue weighted by Gasteiger charge is 2.54. The van der Waals surface area contributed by atoms with Crippen LogP contribution in [0.2, 0.25) is 0 Å². The van der Waals surface area contributed by atoms with Gasteiger partial charge in [0.1, 0.15) is 6.10 Å². The second-order valence-corrected chi connectivity index (χ2v) is 10.0. The van der Waals surface area contributed by atoms with Gasteiger partial charge in [0, 0.05) is 28.2 Å². The molecule has 2 aliphatic rings. The molecule has 0 amide bonds. The largest absolute Gasteiger partial charge is 0.390 e. The molecule has 4 atom stereocenters. The van der Waals surface area contributed by atoms with Gasteiger partial charge in [0.05, 0.1) is 18.8 Å². The summed E-state index contributed by atoms with van der Waals surface area (Å²) >= 11 is 1.81. The number of benzene rings is 2. The summed E-state index contributed by atoms with van der Waals surface area (Å²) in [6, 6.07) is 17.2. The van der Waals surface area contributed by atoms with Gasteiger partial charge in [-0.2, -0.15) is 0 Å². The Balaban J connectivity index is 1.46. The van der Waals surface area contributed by atoms with Crippen molar-refractivity contribution in [2.45, 2.75) is 64.3 Å². The van der Waals surface area contributed by atoms with Crippen LogP contribution in [0.5, 0.6) is 0 Å². The average Bonchev–Trinajstić information content (AvgIpc) is 3.33. The first-order valence-corrected chi connectivity index (χ1v) is 11.6. The van der Waals surface area contributed by atoms with Crippen LogP contribution >= 0.6 is 11.3 Å². The van der Waals surface area contributed by atoms with Gasteiger partial charge in [-0.05, 0) is 61.2 Å². The molecule has 3 aromatic rings. The van der Waals surface area contributed by atoms with Crippen molar-refractivity contribution in [3.05, 3.63) is 81.2 Å². The van der Waals surface area contributed by atoms with E-state index in [0.717, 1.165) is 17.5 Å². The zero-order chi connectivity index (χ0) is 21.8. The normalized spacial score (nSPS) is 27.6. The van der Waals surface area contributed by atoms with Crippen molar-refractivity contribution in [1.29, 1.82) is 0 Å². The molecular weight excluding hydrogens is 408 g/mol. The van der Waals surface area contributed by atoms with E-state index in [-0.39, 0.29) is 6.10 Å². The first-order valence-electron chi connectivity index (χ1n) is 10.8. The second-order valence-electron chi connectivity index (χ2n) is 8.88. The van der Waals surface area contributed by atoms with Crippen molar-refractivity contribution in [2.24, 2.45) is 0 Å². The Hall–Kier alpha value is -2.02. The van der Waals surface area contributed by atoms with Gasteiger partial charge in [-0.1, -0.05) is 35.9 Å². The summed E-state index contributed by atoms with van der Waals surface area (Å²) in [6.07, 6.45) is -0.954. The zero-order valence-corrected chi connectivity index (χ0v) is 18.9. The number of hydrogen-bond donors (Lipinski definition) is 2. The van der Waals surface area contributed by atoms with Crippen LogP contribution in [0.4, 0.5) is 0 Å². The van der Waals surface area contributed by atoms with Crippen molar-refractivity contribution in [3.63, 3.8) is 0 Å². The minimum Gasteiger partial charge on any atom is -0.390 e. The lowest BCUT2D eigenvalue weighted by molar-refractivity contribution is -0.342. The van der Waals surface area contributed by atoms with Gasteiger partial charge in [0.15, 0.2) is 0 Å². The molecule has 0 radical (unpaired) electrons. The number of aliphatic hydroxyl groups excluding tert-OH is 2. The highest BCUT2D eigenvalue weighted by Crippen LogP contribution is 2.46. The number of aryl methyl sites for hydroxylation is 2. The van der Waals surface area contributed by atoms with E-state index in [2.05, 4.69) is 62.4 Å². The molecule has 4 nitrogen and oxygen atoms in total. The van der Waals surface area contributed by atoms with Crippen molar-refractivity contribution in [3.8, 4) is 10.4 Å². The highest BCUT2D eigenvalue weighted by molar-refractivity contribution is 7.15. The molecule has 0 saturated carbocycles. The molecule has 0 unspecified atom stereocenters. The number of aliphatic hydroxyl groups is 2. The Morgan fingerprint density at radius 1 is 1.06 bits per heavy atom. The number of thiophene rings is 1. The number of hydrogen-bond acceptors (Lipinski definition) is 5. The monoisotopic (exact) mass is 436 g/mol. The Morgan fingerprint density at radius 2 is 1.84 bits per heavy atom. The minimum atomic E-state index is -1.28. The van der Waals surface area contributed by atoms with Gasteiger partial charge in [-0.3, -0.25) is 0 Å². The third-order valence-electron chi connectivity index (χ3n) is 6.45. The summed E-state index contributed by atoms with van der Waals surface area (Å²) in [5.41, 5.74) is 6.75. The summed E-state index contributed by atoms with van der Waals surface area (Å²) in [5, 5.41) is 21.2. The van der Waals surface area contributed by atoms with E-state index in [0.29, 0.717) is 13.0 Å². The van der Waals surface area contributed by atoms with Crippen LogP contribution in [0.15, 0.2) is 48.5 Å². The molecule has 1 fully saturated rings. The number of ether oxygens (including phenoxy) is 2. The Kier molecular flexibility index (Phi) is 5.27. The first kappa shape index (κ1) is 20.9. The first-order chi connectivity index (χ1) is 14.9. The average molecular weight is 437 g/mol. The predicted molar refractivity (Wildman–Crippen MR) is 122 cm³/mol. The molecule has 1 saturated heterocycles. The maximum Gasteiger partial charge on any atom is 0.225 e. The van der Waals surface area contributed by atoms with E-state index in [4.69, 9.17) is 9.47 Å². The Labute approximate surface area is 187 Å². The molecule has 3 heterocycles. The molecular formula is C26H28O4S. The lowest BCUT2D eigenvalue weighted by atomic mass is 9.87. The molecule has 2 aliphatic heterocycles. The summed E-state index contributed by atoms with van der Waals surface area (Å²) in [6.45, 7) is 6.50. The van der Waals surface area contributed by atoms with Crippen molar-refractivity contribution in [2.75, 3.05) is 0 Å². The lowest BCUT2D eigenvalue weighted by Crippen LogP contribution is -2.55. The molecule has 2 N–H and O–H groups in total. The fraction of sp³-hybridized carbons (Fsp3) is 0.385. The van der Waals surface area contributed by atoms with Crippen LogP contribution in [0.25, 0.3) is 10.4 Å². The van der Waals surface area contributed by atoms with Crippen LogP contribution in [-0.4, -0.2) is 28.5 Å². The fourth-order valence-electron chi connectivity index (χ4n) is 4.72. The van der Waals surface area contributed by atoms with Gasteiger partial charge in [-0.25, -0.2) is 0 Å². The lowest BCUT2D eigenvalue weighted by Gasteiger charge is -2.43. The van der Waals surface area contributed by atoms with Gasteiger partial charge in [-0.15, -0.1) is 11.3 Å². The highest BCUT2D eigenvalue weighted by atomic mass is 32.1. The molecule has 1 aromatic heterocycles. The SMILES string of the molecule is Cc1ccc(-c2ccc(Cc3cc4c(cc3C)CO[C@]43O[C@H](C)C[C@H](O)[C@H]3O)s2)cc1. The quantitative estimate of drug-likeness (QED) is 0.617. The molecule has 31 heavy (non-hydrogen) atoms. The summed E-state index contributed by atoms with van der Waals surface area (Å²) < 4.78 is 12.1. The van der Waals surface area contributed by atoms with Gasteiger partial charge in [0.25, 0.3) is 0 Å². The molecule has 5 heteroatoms. The zero-order valence-electron chi connectivity index (χ0n) is 18.1.